The highest BCUT2D eigenvalue weighted by molar-refractivity contribution is 5.84. The van der Waals surface area contributed by atoms with Crippen molar-refractivity contribution in [1.29, 1.82) is 0 Å². The zero-order chi connectivity index (χ0) is 13.5. The molecule has 3 atom stereocenters. The Morgan fingerprint density at radius 3 is 2.74 bits per heavy atom. The summed E-state index contributed by atoms with van der Waals surface area (Å²) in [6.07, 6.45) is 0.755. The van der Waals surface area contributed by atoms with Gasteiger partial charge in [0.1, 0.15) is 11.8 Å². The van der Waals surface area contributed by atoms with Gasteiger partial charge in [-0.2, -0.15) is 0 Å². The van der Waals surface area contributed by atoms with Crippen molar-refractivity contribution in [2.75, 3.05) is 13.7 Å². The van der Waals surface area contributed by atoms with Crippen LogP contribution in [0.15, 0.2) is 30.3 Å². The van der Waals surface area contributed by atoms with Gasteiger partial charge < -0.3 is 9.47 Å². The molecule has 1 aromatic rings. The van der Waals surface area contributed by atoms with Crippen molar-refractivity contribution in [2.24, 2.45) is 5.92 Å². The Bertz CT molecular complexity index is 476. The summed E-state index contributed by atoms with van der Waals surface area (Å²) in [7, 11) is 1.70. The first-order valence-corrected chi connectivity index (χ1v) is 6.71. The normalized spacial score (nSPS) is 34.3. The van der Waals surface area contributed by atoms with E-state index in [4.69, 9.17) is 9.47 Å². The summed E-state index contributed by atoms with van der Waals surface area (Å²) in [4.78, 5) is 14.3. The molecule has 19 heavy (non-hydrogen) atoms. The van der Waals surface area contributed by atoms with E-state index in [0.29, 0.717) is 6.61 Å². The van der Waals surface area contributed by atoms with Crippen molar-refractivity contribution >= 4 is 5.97 Å². The van der Waals surface area contributed by atoms with E-state index >= 15 is 0 Å². The first-order chi connectivity index (χ1) is 9.20. The maximum absolute atomic E-state index is 12.1. The van der Waals surface area contributed by atoms with Crippen LogP contribution in [-0.2, 0) is 20.8 Å². The van der Waals surface area contributed by atoms with Crippen molar-refractivity contribution < 1.29 is 14.3 Å². The number of benzene rings is 1. The molecule has 1 unspecified atom stereocenters. The number of carbonyl (C=O) groups is 1. The number of likely N-dealkylation sites (tertiary alicyclic amines) is 1. The first-order valence-electron chi connectivity index (χ1n) is 6.71. The lowest BCUT2D eigenvalue weighted by Gasteiger charge is -2.58. The van der Waals surface area contributed by atoms with Crippen LogP contribution in [0.25, 0.3) is 0 Å². The van der Waals surface area contributed by atoms with Crippen LogP contribution in [0, 0.1) is 5.92 Å². The van der Waals surface area contributed by atoms with E-state index in [-0.39, 0.29) is 18.1 Å². The lowest BCUT2D eigenvalue weighted by atomic mass is 9.71. The number of rotatable bonds is 3. The van der Waals surface area contributed by atoms with Gasteiger partial charge >= 0.3 is 5.97 Å². The van der Waals surface area contributed by atoms with E-state index in [0.717, 1.165) is 13.0 Å². The zero-order valence-electron chi connectivity index (χ0n) is 11.3. The SMILES string of the molecule is COC1[C@H](C)[C@@]2(CCOC2=O)N1Cc1ccccc1. The minimum Gasteiger partial charge on any atom is -0.464 e. The van der Waals surface area contributed by atoms with Gasteiger partial charge in [0.2, 0.25) is 0 Å². The Kier molecular flexibility index (Phi) is 3.07. The highest BCUT2D eigenvalue weighted by Gasteiger charge is 2.65. The molecule has 2 fully saturated rings. The van der Waals surface area contributed by atoms with Crippen LogP contribution in [0.4, 0.5) is 0 Å². The molecule has 0 N–H and O–H groups in total. The number of carbonyl (C=O) groups excluding carboxylic acids is 1. The molecule has 0 bridgehead atoms. The van der Waals surface area contributed by atoms with Gasteiger partial charge in [-0.1, -0.05) is 37.3 Å². The monoisotopic (exact) mass is 261 g/mol. The lowest BCUT2D eigenvalue weighted by molar-refractivity contribution is -0.238. The Hall–Kier alpha value is -1.39. The van der Waals surface area contributed by atoms with E-state index in [2.05, 4.69) is 24.0 Å². The lowest BCUT2D eigenvalue weighted by Crippen LogP contribution is -2.74. The topological polar surface area (TPSA) is 38.8 Å². The third-order valence-corrected chi connectivity index (χ3v) is 4.51. The fourth-order valence-corrected chi connectivity index (χ4v) is 3.46. The van der Waals surface area contributed by atoms with Crippen LogP contribution >= 0.6 is 0 Å². The molecule has 4 nitrogen and oxygen atoms in total. The molecule has 0 aliphatic carbocycles. The molecule has 2 aliphatic rings. The van der Waals surface area contributed by atoms with Crippen molar-refractivity contribution in [2.45, 2.75) is 31.7 Å². The van der Waals surface area contributed by atoms with Gasteiger partial charge in [0.25, 0.3) is 0 Å². The second kappa shape index (κ2) is 4.62. The van der Waals surface area contributed by atoms with Gasteiger partial charge in [-0.25, -0.2) is 0 Å². The molecule has 102 valence electrons. The second-order valence-corrected chi connectivity index (χ2v) is 5.34. The number of esters is 1. The molecule has 0 amide bonds. The number of hydrogen-bond donors (Lipinski definition) is 0. The second-order valence-electron chi connectivity index (χ2n) is 5.34. The Labute approximate surface area is 113 Å². The first kappa shape index (κ1) is 12.6. The smallest absolute Gasteiger partial charge is 0.327 e. The quantitative estimate of drug-likeness (QED) is 0.778. The summed E-state index contributed by atoms with van der Waals surface area (Å²) in [5.74, 6) is 0.0837. The molecule has 2 aliphatic heterocycles. The molecule has 2 saturated heterocycles. The highest BCUT2D eigenvalue weighted by atomic mass is 16.5. The zero-order valence-corrected chi connectivity index (χ0v) is 11.3. The maximum Gasteiger partial charge on any atom is 0.327 e. The standard InChI is InChI=1S/C15H19NO3/c1-11-13(18-2)16(10-12-6-4-3-5-7-12)15(11)8-9-19-14(15)17/h3-7,11,13H,8-10H2,1-2H3/t11-,13?,15+/m0/s1. The summed E-state index contributed by atoms with van der Waals surface area (Å²) in [5, 5.41) is 0. The van der Waals surface area contributed by atoms with E-state index in [1.807, 2.05) is 18.2 Å². The van der Waals surface area contributed by atoms with Crippen LogP contribution in [0.5, 0.6) is 0 Å². The Balaban J connectivity index is 1.86. The third kappa shape index (κ3) is 1.70. The average molecular weight is 261 g/mol. The van der Waals surface area contributed by atoms with E-state index in [1.54, 1.807) is 7.11 Å². The van der Waals surface area contributed by atoms with Crippen LogP contribution in [-0.4, -0.2) is 36.4 Å². The number of hydrogen-bond acceptors (Lipinski definition) is 4. The van der Waals surface area contributed by atoms with Crippen LogP contribution in [0.3, 0.4) is 0 Å². The molecule has 3 rings (SSSR count). The molecule has 0 saturated carbocycles. The van der Waals surface area contributed by atoms with E-state index in [1.165, 1.54) is 5.56 Å². The summed E-state index contributed by atoms with van der Waals surface area (Å²) < 4.78 is 10.7. The van der Waals surface area contributed by atoms with Crippen molar-refractivity contribution in [3.63, 3.8) is 0 Å². The third-order valence-electron chi connectivity index (χ3n) is 4.51. The largest absolute Gasteiger partial charge is 0.464 e. The maximum atomic E-state index is 12.1. The molecule has 0 aromatic heterocycles. The van der Waals surface area contributed by atoms with Crippen molar-refractivity contribution in [1.82, 2.24) is 4.90 Å². The minimum atomic E-state index is -0.476. The van der Waals surface area contributed by atoms with E-state index < -0.39 is 5.54 Å². The Morgan fingerprint density at radius 2 is 2.16 bits per heavy atom. The van der Waals surface area contributed by atoms with Crippen LogP contribution in [0.1, 0.15) is 18.9 Å². The highest BCUT2D eigenvalue weighted by Crippen LogP contribution is 2.49. The van der Waals surface area contributed by atoms with Crippen molar-refractivity contribution in [3.05, 3.63) is 35.9 Å². The van der Waals surface area contributed by atoms with Crippen LogP contribution in [0.2, 0.25) is 0 Å². The van der Waals surface area contributed by atoms with Gasteiger partial charge in [0.05, 0.1) is 6.61 Å². The predicted octanol–water partition coefficient (Wildman–Crippen LogP) is 1.80. The predicted molar refractivity (Wildman–Crippen MR) is 70.3 cm³/mol. The minimum absolute atomic E-state index is 0.00847. The molecule has 1 aromatic carbocycles. The van der Waals surface area contributed by atoms with Crippen LogP contribution < -0.4 is 0 Å². The molecular formula is C15H19NO3. The molecule has 1 spiro atoms. The molecule has 0 radical (unpaired) electrons. The molecular weight excluding hydrogens is 242 g/mol. The fourth-order valence-electron chi connectivity index (χ4n) is 3.46. The Morgan fingerprint density at radius 1 is 1.42 bits per heavy atom. The number of nitrogens with zero attached hydrogens (tertiary/aromatic N) is 1. The summed E-state index contributed by atoms with van der Waals surface area (Å²) in [6, 6.07) is 10.2. The summed E-state index contributed by atoms with van der Waals surface area (Å²) >= 11 is 0. The number of methoxy groups -OCH3 is 1. The summed E-state index contributed by atoms with van der Waals surface area (Å²) in [5.41, 5.74) is 0.715. The van der Waals surface area contributed by atoms with Gasteiger partial charge in [0.15, 0.2) is 0 Å². The van der Waals surface area contributed by atoms with Gasteiger partial charge in [-0.15, -0.1) is 0 Å². The molecule has 4 heteroatoms. The van der Waals surface area contributed by atoms with Gasteiger partial charge in [-0.05, 0) is 5.56 Å². The number of ether oxygens (including phenoxy) is 2. The summed E-state index contributed by atoms with van der Waals surface area (Å²) in [6.45, 7) is 3.31. The van der Waals surface area contributed by atoms with Gasteiger partial charge in [-0.3, -0.25) is 9.69 Å². The number of cyclic esters (lactones) is 1. The fraction of sp³-hybridized carbons (Fsp3) is 0.533. The van der Waals surface area contributed by atoms with Crippen molar-refractivity contribution in [3.8, 4) is 0 Å². The average Bonchev–Trinajstić information content (AvgIpc) is 2.84. The molecule has 2 heterocycles. The van der Waals surface area contributed by atoms with Gasteiger partial charge in [0, 0.05) is 26.0 Å². The van der Waals surface area contributed by atoms with E-state index in [9.17, 15) is 4.79 Å².